The molecular weight excluding hydrogens is 288 g/mol. The zero-order valence-corrected chi connectivity index (χ0v) is 13.5. The van der Waals surface area contributed by atoms with E-state index >= 15 is 0 Å². The molecule has 1 aromatic carbocycles. The molecule has 0 radical (unpaired) electrons. The molecule has 0 atom stereocenters. The summed E-state index contributed by atoms with van der Waals surface area (Å²) in [6.07, 6.45) is 0. The number of halogens is 1. The third-order valence-corrected chi connectivity index (χ3v) is 3.84. The molecule has 2 amide bonds. The summed E-state index contributed by atoms with van der Waals surface area (Å²) in [5.41, 5.74) is 0.262. The van der Waals surface area contributed by atoms with E-state index in [1.54, 1.807) is 29.2 Å². The fourth-order valence-corrected chi connectivity index (χ4v) is 2.49. The number of carbonyl (C=O) groups excluding carboxylic acids is 2. The van der Waals surface area contributed by atoms with Crippen molar-refractivity contribution in [1.29, 1.82) is 0 Å². The Morgan fingerprint density at radius 2 is 1.43 bits per heavy atom. The van der Waals surface area contributed by atoms with Gasteiger partial charge in [-0.15, -0.1) is 0 Å². The Hall–Kier alpha value is -1.55. The Labute approximate surface area is 130 Å². The molecule has 21 heavy (non-hydrogen) atoms. The van der Waals surface area contributed by atoms with Gasteiger partial charge in [0.2, 0.25) is 5.91 Å². The van der Waals surface area contributed by atoms with Crippen LogP contribution in [0.3, 0.4) is 0 Å². The molecule has 1 aliphatic rings. The topological polar surface area (TPSA) is 40.6 Å². The number of rotatable bonds is 1. The van der Waals surface area contributed by atoms with Crippen molar-refractivity contribution in [3.63, 3.8) is 0 Å². The van der Waals surface area contributed by atoms with E-state index in [9.17, 15) is 9.59 Å². The quantitative estimate of drug-likeness (QED) is 0.800. The molecular formula is C16H21ClN2O2. The molecule has 2 rings (SSSR count). The number of hydrogen-bond acceptors (Lipinski definition) is 2. The molecule has 0 saturated carbocycles. The van der Waals surface area contributed by atoms with Crippen LogP contribution >= 0.6 is 11.6 Å². The monoisotopic (exact) mass is 308 g/mol. The Balaban J connectivity index is 1.96. The van der Waals surface area contributed by atoms with Crippen molar-refractivity contribution in [2.24, 2.45) is 5.41 Å². The SMILES string of the molecule is CC(C)(C)C(=O)N1CCN(C(=O)c2ccc(Cl)cc2)CC1. The highest BCUT2D eigenvalue weighted by atomic mass is 35.5. The summed E-state index contributed by atoms with van der Waals surface area (Å²) in [6, 6.07) is 6.90. The summed E-state index contributed by atoms with van der Waals surface area (Å²) in [6.45, 7) is 8.08. The van der Waals surface area contributed by atoms with E-state index < -0.39 is 0 Å². The lowest BCUT2D eigenvalue weighted by Gasteiger charge is -2.37. The Kier molecular flexibility index (Phi) is 4.57. The van der Waals surface area contributed by atoms with Crippen molar-refractivity contribution in [2.45, 2.75) is 20.8 Å². The summed E-state index contributed by atoms with van der Waals surface area (Å²) in [5, 5.41) is 0.618. The first-order valence-electron chi connectivity index (χ1n) is 7.13. The van der Waals surface area contributed by atoms with Crippen LogP contribution in [0.2, 0.25) is 5.02 Å². The highest BCUT2D eigenvalue weighted by Gasteiger charge is 2.30. The Morgan fingerprint density at radius 3 is 1.90 bits per heavy atom. The van der Waals surface area contributed by atoms with Gasteiger partial charge in [0.25, 0.3) is 5.91 Å². The normalized spacial score (nSPS) is 16.0. The summed E-state index contributed by atoms with van der Waals surface area (Å²) < 4.78 is 0. The predicted molar refractivity (Wildman–Crippen MR) is 83.4 cm³/mol. The second-order valence-corrected chi connectivity index (χ2v) is 6.78. The number of benzene rings is 1. The van der Waals surface area contributed by atoms with Crippen LogP contribution in [0.25, 0.3) is 0 Å². The van der Waals surface area contributed by atoms with Gasteiger partial charge >= 0.3 is 0 Å². The molecule has 0 N–H and O–H groups in total. The van der Waals surface area contributed by atoms with Gasteiger partial charge in [0, 0.05) is 42.2 Å². The zero-order valence-electron chi connectivity index (χ0n) is 12.7. The molecule has 1 fully saturated rings. The number of amides is 2. The maximum Gasteiger partial charge on any atom is 0.253 e. The van der Waals surface area contributed by atoms with Gasteiger partial charge in [0.1, 0.15) is 0 Å². The van der Waals surface area contributed by atoms with Crippen LogP contribution < -0.4 is 0 Å². The third-order valence-electron chi connectivity index (χ3n) is 3.59. The fraction of sp³-hybridized carbons (Fsp3) is 0.500. The van der Waals surface area contributed by atoms with Gasteiger partial charge in [0.15, 0.2) is 0 Å². The van der Waals surface area contributed by atoms with E-state index in [2.05, 4.69) is 0 Å². The van der Waals surface area contributed by atoms with Crippen LogP contribution in [0.1, 0.15) is 31.1 Å². The number of piperazine rings is 1. The highest BCUT2D eigenvalue weighted by molar-refractivity contribution is 6.30. The van der Waals surface area contributed by atoms with Gasteiger partial charge in [-0.05, 0) is 24.3 Å². The van der Waals surface area contributed by atoms with Crippen LogP contribution in [0.15, 0.2) is 24.3 Å². The number of carbonyl (C=O) groups is 2. The molecule has 1 aromatic rings. The molecule has 1 aliphatic heterocycles. The summed E-state index contributed by atoms with van der Waals surface area (Å²) in [4.78, 5) is 28.2. The van der Waals surface area contributed by atoms with Crippen molar-refractivity contribution >= 4 is 23.4 Å². The van der Waals surface area contributed by atoms with Gasteiger partial charge in [-0.25, -0.2) is 0 Å². The third kappa shape index (κ3) is 3.76. The fourth-order valence-electron chi connectivity index (χ4n) is 2.36. The first-order valence-corrected chi connectivity index (χ1v) is 7.51. The standard InChI is InChI=1S/C16H21ClN2O2/c1-16(2,3)15(21)19-10-8-18(9-11-19)14(20)12-4-6-13(17)7-5-12/h4-7H,8-11H2,1-3H3. The molecule has 5 heteroatoms. The Morgan fingerprint density at radius 1 is 0.952 bits per heavy atom. The van der Waals surface area contributed by atoms with E-state index in [1.807, 2.05) is 25.7 Å². The zero-order chi connectivity index (χ0) is 15.6. The minimum absolute atomic E-state index is 0.00507. The van der Waals surface area contributed by atoms with Gasteiger partial charge < -0.3 is 9.80 Å². The molecule has 0 spiro atoms. The van der Waals surface area contributed by atoms with E-state index in [4.69, 9.17) is 11.6 Å². The molecule has 0 unspecified atom stereocenters. The lowest BCUT2D eigenvalue weighted by molar-refractivity contribution is -0.140. The number of hydrogen-bond donors (Lipinski definition) is 0. The van der Waals surface area contributed by atoms with Crippen molar-refractivity contribution in [3.05, 3.63) is 34.9 Å². The largest absolute Gasteiger partial charge is 0.339 e. The van der Waals surface area contributed by atoms with E-state index in [-0.39, 0.29) is 17.2 Å². The second kappa shape index (κ2) is 6.06. The van der Waals surface area contributed by atoms with Crippen LogP contribution in [0.5, 0.6) is 0 Å². The van der Waals surface area contributed by atoms with Crippen molar-refractivity contribution in [1.82, 2.24) is 9.80 Å². The van der Waals surface area contributed by atoms with E-state index in [0.29, 0.717) is 36.8 Å². The lowest BCUT2D eigenvalue weighted by Crippen LogP contribution is -2.53. The molecule has 0 aliphatic carbocycles. The van der Waals surface area contributed by atoms with Crippen LogP contribution in [0.4, 0.5) is 0 Å². The van der Waals surface area contributed by atoms with Crippen LogP contribution in [0, 0.1) is 5.41 Å². The van der Waals surface area contributed by atoms with Crippen molar-refractivity contribution in [2.75, 3.05) is 26.2 Å². The molecule has 1 saturated heterocycles. The van der Waals surface area contributed by atoms with Crippen LogP contribution in [-0.2, 0) is 4.79 Å². The smallest absolute Gasteiger partial charge is 0.253 e. The number of nitrogens with zero attached hydrogens (tertiary/aromatic N) is 2. The Bertz CT molecular complexity index is 526. The van der Waals surface area contributed by atoms with E-state index in [1.165, 1.54) is 0 Å². The molecule has 114 valence electrons. The molecule has 0 aromatic heterocycles. The first kappa shape index (κ1) is 15.8. The van der Waals surface area contributed by atoms with Gasteiger partial charge in [-0.3, -0.25) is 9.59 Å². The van der Waals surface area contributed by atoms with Crippen molar-refractivity contribution in [3.8, 4) is 0 Å². The molecule has 4 nitrogen and oxygen atoms in total. The lowest BCUT2D eigenvalue weighted by atomic mass is 9.94. The molecule has 1 heterocycles. The van der Waals surface area contributed by atoms with Crippen LogP contribution in [-0.4, -0.2) is 47.8 Å². The highest BCUT2D eigenvalue weighted by Crippen LogP contribution is 2.19. The van der Waals surface area contributed by atoms with Gasteiger partial charge in [0.05, 0.1) is 0 Å². The summed E-state index contributed by atoms with van der Waals surface area (Å²) in [7, 11) is 0. The first-order chi connectivity index (χ1) is 9.79. The average molecular weight is 309 g/mol. The predicted octanol–water partition coefficient (Wildman–Crippen LogP) is 2.67. The summed E-state index contributed by atoms with van der Waals surface area (Å²) >= 11 is 5.83. The van der Waals surface area contributed by atoms with Gasteiger partial charge in [-0.1, -0.05) is 32.4 Å². The maximum atomic E-state index is 12.4. The minimum atomic E-state index is -0.373. The maximum absolute atomic E-state index is 12.4. The average Bonchev–Trinajstić information content (AvgIpc) is 2.46. The molecule has 0 bridgehead atoms. The second-order valence-electron chi connectivity index (χ2n) is 6.34. The minimum Gasteiger partial charge on any atom is -0.339 e. The summed E-state index contributed by atoms with van der Waals surface area (Å²) in [5.74, 6) is 0.135. The van der Waals surface area contributed by atoms with Crippen molar-refractivity contribution < 1.29 is 9.59 Å². The van der Waals surface area contributed by atoms with Gasteiger partial charge in [-0.2, -0.15) is 0 Å². The van der Waals surface area contributed by atoms with E-state index in [0.717, 1.165) is 0 Å².